The summed E-state index contributed by atoms with van der Waals surface area (Å²) in [5.41, 5.74) is 0. The molecule has 3 nitrogen and oxygen atoms in total. The van der Waals surface area contributed by atoms with Gasteiger partial charge in [0, 0.05) is 17.4 Å². The molecule has 0 aliphatic carbocycles. The summed E-state index contributed by atoms with van der Waals surface area (Å²) in [5, 5.41) is 1.36. The average molecular weight is 261 g/mol. The number of rotatable bonds is 4. The average Bonchev–Trinajstić information content (AvgIpc) is 2.10. The lowest BCUT2D eigenvalue weighted by atomic mass is 10.3. The monoisotopic (exact) mass is 260 g/mol. The molecule has 0 aliphatic heterocycles. The van der Waals surface area contributed by atoms with E-state index in [9.17, 15) is 0 Å². The molecule has 1 heterocycles. The predicted octanol–water partition coefficient (Wildman–Crippen LogP) is 3.56. The lowest BCUT2D eigenvalue weighted by molar-refractivity contribution is 0.128. The van der Waals surface area contributed by atoms with Crippen molar-refractivity contribution in [3.05, 3.63) is 17.0 Å². The van der Waals surface area contributed by atoms with Crippen molar-refractivity contribution in [2.75, 3.05) is 6.61 Å². The third kappa shape index (κ3) is 5.14. The van der Waals surface area contributed by atoms with Crippen LogP contribution in [0.2, 0.25) is 5.15 Å². The molecule has 1 aromatic rings. The van der Waals surface area contributed by atoms with Crippen LogP contribution in [0, 0.1) is 0 Å². The van der Waals surface area contributed by atoms with Gasteiger partial charge in [-0.2, -0.15) is 0 Å². The summed E-state index contributed by atoms with van der Waals surface area (Å²) in [6.45, 7) is 9.41. The summed E-state index contributed by atoms with van der Waals surface area (Å²) in [7, 11) is 0. The first-order valence-electron chi connectivity index (χ1n) is 5.21. The third-order valence-electron chi connectivity index (χ3n) is 1.56. The second-order valence-corrected chi connectivity index (χ2v) is 6.53. The van der Waals surface area contributed by atoms with Gasteiger partial charge in [0.05, 0.1) is 0 Å². The Bertz CT molecular complexity index is 352. The van der Waals surface area contributed by atoms with E-state index < -0.39 is 0 Å². The van der Waals surface area contributed by atoms with Gasteiger partial charge >= 0.3 is 0 Å². The van der Waals surface area contributed by atoms with Crippen LogP contribution in [-0.2, 0) is 11.3 Å². The maximum atomic E-state index is 5.94. The van der Waals surface area contributed by atoms with Crippen molar-refractivity contribution in [2.45, 2.75) is 44.1 Å². The van der Waals surface area contributed by atoms with Crippen LogP contribution in [0.5, 0.6) is 0 Å². The summed E-state index contributed by atoms with van der Waals surface area (Å²) < 4.78 is 5.38. The molecule has 0 atom stereocenters. The fourth-order valence-corrected chi connectivity index (χ4v) is 2.28. The van der Waals surface area contributed by atoms with Gasteiger partial charge in [-0.1, -0.05) is 32.4 Å². The van der Waals surface area contributed by atoms with Crippen LogP contribution >= 0.6 is 23.4 Å². The van der Waals surface area contributed by atoms with Crippen LogP contribution in [0.3, 0.4) is 0 Å². The van der Waals surface area contributed by atoms with E-state index in [1.165, 1.54) is 0 Å². The van der Waals surface area contributed by atoms with Crippen LogP contribution in [0.25, 0.3) is 0 Å². The first kappa shape index (κ1) is 13.7. The van der Waals surface area contributed by atoms with Gasteiger partial charge in [-0.25, -0.2) is 9.97 Å². The topological polar surface area (TPSA) is 35.0 Å². The molecule has 5 heteroatoms. The Labute approximate surface area is 106 Å². The molecule has 0 aliphatic rings. The number of hydrogen-bond donors (Lipinski definition) is 0. The molecule has 0 spiro atoms. The number of aromatic nitrogens is 2. The molecular formula is C11H17ClN2OS. The van der Waals surface area contributed by atoms with Crippen molar-refractivity contribution in [3.8, 4) is 0 Å². The van der Waals surface area contributed by atoms with Gasteiger partial charge in [0.2, 0.25) is 0 Å². The summed E-state index contributed by atoms with van der Waals surface area (Å²) in [5.74, 6) is 0.640. The fraction of sp³-hybridized carbons (Fsp3) is 0.636. The number of halogens is 1. The first-order valence-corrected chi connectivity index (χ1v) is 6.40. The van der Waals surface area contributed by atoms with E-state index in [-0.39, 0.29) is 4.75 Å². The molecule has 0 saturated carbocycles. The molecule has 0 amide bonds. The normalized spacial score (nSPS) is 11.8. The van der Waals surface area contributed by atoms with Crippen molar-refractivity contribution >= 4 is 23.4 Å². The number of hydrogen-bond acceptors (Lipinski definition) is 4. The van der Waals surface area contributed by atoms with Crippen LogP contribution in [0.4, 0.5) is 0 Å². The van der Waals surface area contributed by atoms with Gasteiger partial charge in [0.1, 0.15) is 16.8 Å². The van der Waals surface area contributed by atoms with Crippen molar-refractivity contribution < 1.29 is 4.74 Å². The second-order valence-electron chi connectivity index (χ2n) is 4.30. The van der Waals surface area contributed by atoms with Crippen LogP contribution in [0.15, 0.2) is 11.1 Å². The van der Waals surface area contributed by atoms with Crippen LogP contribution < -0.4 is 0 Å². The molecular weight excluding hydrogens is 244 g/mol. The minimum absolute atomic E-state index is 0.112. The van der Waals surface area contributed by atoms with E-state index in [0.717, 1.165) is 5.03 Å². The second kappa shape index (κ2) is 5.84. The Morgan fingerprint density at radius 2 is 2.06 bits per heavy atom. The van der Waals surface area contributed by atoms with E-state index in [1.54, 1.807) is 17.8 Å². The van der Waals surface area contributed by atoms with E-state index in [1.807, 2.05) is 6.92 Å². The highest BCUT2D eigenvalue weighted by Crippen LogP contribution is 2.31. The molecule has 0 bridgehead atoms. The Hall–Kier alpha value is -0.320. The molecule has 0 radical (unpaired) electrons. The SMILES string of the molecule is CCOCc1nc(Cl)cc(SC(C)(C)C)n1. The van der Waals surface area contributed by atoms with Gasteiger partial charge in [-0.15, -0.1) is 11.8 Å². The Kier molecular flexibility index (Phi) is 5.02. The van der Waals surface area contributed by atoms with E-state index in [2.05, 4.69) is 30.7 Å². The highest BCUT2D eigenvalue weighted by atomic mass is 35.5. The standard InChI is InChI=1S/C11H17ClN2OS/c1-5-15-7-9-13-8(12)6-10(14-9)16-11(2,3)4/h6H,5,7H2,1-4H3. The van der Waals surface area contributed by atoms with E-state index in [0.29, 0.717) is 24.2 Å². The molecule has 0 saturated heterocycles. The summed E-state index contributed by atoms with van der Waals surface area (Å²) in [6, 6.07) is 1.78. The maximum Gasteiger partial charge on any atom is 0.156 e. The zero-order valence-corrected chi connectivity index (χ0v) is 11.7. The fourth-order valence-electron chi connectivity index (χ4n) is 1.07. The highest BCUT2D eigenvalue weighted by Gasteiger charge is 2.14. The lowest BCUT2D eigenvalue weighted by Gasteiger charge is -2.17. The zero-order valence-electron chi connectivity index (χ0n) is 10.1. The Morgan fingerprint density at radius 3 is 2.62 bits per heavy atom. The molecule has 1 aromatic heterocycles. The van der Waals surface area contributed by atoms with Crippen molar-refractivity contribution in [1.82, 2.24) is 9.97 Å². The molecule has 0 N–H and O–H groups in total. The van der Waals surface area contributed by atoms with Gasteiger partial charge in [0.15, 0.2) is 5.82 Å². The maximum absolute atomic E-state index is 5.94. The summed E-state index contributed by atoms with van der Waals surface area (Å²) in [4.78, 5) is 8.52. The van der Waals surface area contributed by atoms with E-state index in [4.69, 9.17) is 16.3 Å². The van der Waals surface area contributed by atoms with Crippen LogP contribution in [-0.4, -0.2) is 21.3 Å². The number of ether oxygens (including phenoxy) is 1. The van der Waals surface area contributed by atoms with Crippen molar-refractivity contribution in [1.29, 1.82) is 0 Å². The largest absolute Gasteiger partial charge is 0.374 e. The minimum atomic E-state index is 0.112. The quantitative estimate of drug-likeness (QED) is 0.613. The highest BCUT2D eigenvalue weighted by molar-refractivity contribution is 8.00. The molecule has 1 rings (SSSR count). The number of thioether (sulfide) groups is 1. The van der Waals surface area contributed by atoms with Crippen molar-refractivity contribution in [3.63, 3.8) is 0 Å². The Morgan fingerprint density at radius 1 is 1.38 bits per heavy atom. The minimum Gasteiger partial charge on any atom is -0.374 e. The Balaban J connectivity index is 2.81. The van der Waals surface area contributed by atoms with Gasteiger partial charge in [0.25, 0.3) is 0 Å². The molecule has 16 heavy (non-hydrogen) atoms. The zero-order chi connectivity index (χ0) is 12.2. The number of nitrogens with zero attached hydrogens (tertiary/aromatic N) is 2. The summed E-state index contributed by atoms with van der Waals surface area (Å²) >= 11 is 7.61. The lowest BCUT2D eigenvalue weighted by Crippen LogP contribution is -2.08. The first-order chi connectivity index (χ1) is 7.40. The van der Waals surface area contributed by atoms with Gasteiger partial charge in [-0.3, -0.25) is 0 Å². The third-order valence-corrected chi connectivity index (χ3v) is 2.79. The smallest absolute Gasteiger partial charge is 0.156 e. The molecule has 0 aromatic carbocycles. The van der Waals surface area contributed by atoms with Crippen molar-refractivity contribution in [2.24, 2.45) is 0 Å². The van der Waals surface area contributed by atoms with Gasteiger partial charge in [-0.05, 0) is 6.92 Å². The molecule has 0 fully saturated rings. The van der Waals surface area contributed by atoms with E-state index >= 15 is 0 Å². The molecule has 0 unspecified atom stereocenters. The molecule has 90 valence electrons. The predicted molar refractivity (Wildman–Crippen MR) is 68.0 cm³/mol. The summed E-state index contributed by atoms with van der Waals surface area (Å²) in [6.07, 6.45) is 0. The van der Waals surface area contributed by atoms with Gasteiger partial charge < -0.3 is 4.74 Å². The van der Waals surface area contributed by atoms with Crippen LogP contribution in [0.1, 0.15) is 33.5 Å².